The van der Waals surface area contributed by atoms with Crippen molar-refractivity contribution in [1.82, 2.24) is 5.32 Å². The number of hydrogen-bond donors (Lipinski definition) is 1. The van der Waals surface area contributed by atoms with Gasteiger partial charge < -0.3 is 14.8 Å². The lowest BCUT2D eigenvalue weighted by Gasteiger charge is -2.20. The Morgan fingerprint density at radius 2 is 1.62 bits per heavy atom. The Balaban J connectivity index is 1.85. The zero-order valence-corrected chi connectivity index (χ0v) is 16.7. The lowest BCUT2D eigenvalue weighted by Crippen LogP contribution is -2.43. The van der Waals surface area contributed by atoms with Crippen LogP contribution in [0.15, 0.2) is 36.4 Å². The van der Waals surface area contributed by atoms with Crippen molar-refractivity contribution in [3.63, 3.8) is 0 Å². The number of nitrogens with one attached hydrogen (secondary N) is 1. The van der Waals surface area contributed by atoms with Crippen molar-refractivity contribution in [2.75, 3.05) is 6.61 Å². The Kier molecular flexibility index (Phi) is 6.92. The van der Waals surface area contributed by atoms with Gasteiger partial charge in [0.05, 0.1) is 6.04 Å². The molecule has 26 heavy (non-hydrogen) atoms. The Hall–Kier alpha value is -2.20. The number of ether oxygens (including phenoxy) is 2. The molecule has 140 valence electrons. The normalized spacial score (nSPS) is 13.0. The number of carbonyl (C=O) groups is 1. The summed E-state index contributed by atoms with van der Waals surface area (Å²) in [6.45, 7) is 9.87. The highest BCUT2D eigenvalue weighted by Gasteiger charge is 2.18. The third-order valence-corrected chi connectivity index (χ3v) is 4.60. The van der Waals surface area contributed by atoms with E-state index < -0.39 is 6.10 Å². The molecule has 0 bridgehead atoms. The molecule has 1 N–H and O–H groups in total. The minimum atomic E-state index is -0.614. The van der Waals surface area contributed by atoms with E-state index in [2.05, 4.69) is 5.32 Å². The Morgan fingerprint density at radius 1 is 1.04 bits per heavy atom. The third-order valence-electron chi connectivity index (χ3n) is 4.00. The van der Waals surface area contributed by atoms with Gasteiger partial charge in [-0.15, -0.1) is 0 Å². The fraction of sp³-hybridized carbons (Fsp3) is 0.381. The summed E-state index contributed by atoms with van der Waals surface area (Å²) in [5, 5.41) is 3.63. The molecule has 0 saturated carbocycles. The summed E-state index contributed by atoms with van der Waals surface area (Å²) in [7, 11) is 0. The molecule has 0 aliphatic heterocycles. The van der Waals surface area contributed by atoms with Gasteiger partial charge in [-0.3, -0.25) is 4.79 Å². The van der Waals surface area contributed by atoms with Gasteiger partial charge in [-0.2, -0.15) is 0 Å². The first-order valence-corrected chi connectivity index (χ1v) is 9.07. The number of carbonyl (C=O) groups excluding carboxylic acids is 1. The molecule has 0 aliphatic rings. The maximum absolute atomic E-state index is 12.3. The molecule has 2 aromatic rings. The van der Waals surface area contributed by atoms with Crippen molar-refractivity contribution >= 4 is 17.5 Å². The van der Waals surface area contributed by atoms with Crippen LogP contribution in [0.2, 0.25) is 5.02 Å². The highest BCUT2D eigenvalue weighted by atomic mass is 35.5. The van der Waals surface area contributed by atoms with E-state index in [0.29, 0.717) is 12.4 Å². The molecule has 0 aromatic heterocycles. The average molecular weight is 376 g/mol. The molecule has 0 aliphatic carbocycles. The molecule has 4 nitrogen and oxygen atoms in total. The maximum Gasteiger partial charge on any atom is 0.261 e. The largest absolute Gasteiger partial charge is 0.491 e. The molecule has 1 amide bonds. The Morgan fingerprint density at radius 3 is 2.19 bits per heavy atom. The summed E-state index contributed by atoms with van der Waals surface area (Å²) in [6.07, 6.45) is -0.614. The zero-order valence-electron chi connectivity index (χ0n) is 15.9. The quantitative estimate of drug-likeness (QED) is 0.768. The summed E-state index contributed by atoms with van der Waals surface area (Å²) in [5.74, 6) is 1.24. The first-order valence-electron chi connectivity index (χ1n) is 8.69. The number of rotatable bonds is 7. The number of halogens is 1. The lowest BCUT2D eigenvalue weighted by molar-refractivity contribution is -0.128. The number of hydrogen-bond acceptors (Lipinski definition) is 3. The van der Waals surface area contributed by atoms with E-state index in [1.165, 1.54) is 5.56 Å². The van der Waals surface area contributed by atoms with E-state index in [9.17, 15) is 4.79 Å². The minimum absolute atomic E-state index is 0.136. The molecule has 0 heterocycles. The van der Waals surface area contributed by atoms with Crippen LogP contribution in [0.3, 0.4) is 0 Å². The van der Waals surface area contributed by atoms with E-state index >= 15 is 0 Å². The Labute approximate surface area is 160 Å². The van der Waals surface area contributed by atoms with Crippen LogP contribution in [-0.2, 0) is 4.79 Å². The van der Waals surface area contributed by atoms with E-state index in [1.807, 2.05) is 64.1 Å². The van der Waals surface area contributed by atoms with Crippen LogP contribution in [0.1, 0.15) is 30.5 Å². The second-order valence-electron chi connectivity index (χ2n) is 6.66. The first kappa shape index (κ1) is 20.1. The van der Waals surface area contributed by atoms with Crippen molar-refractivity contribution in [2.45, 2.75) is 46.8 Å². The van der Waals surface area contributed by atoms with Crippen LogP contribution >= 0.6 is 11.6 Å². The molecular formula is C21H26ClNO3. The molecule has 2 atom stereocenters. The fourth-order valence-electron chi connectivity index (χ4n) is 2.49. The van der Waals surface area contributed by atoms with Gasteiger partial charge in [-0.25, -0.2) is 0 Å². The van der Waals surface area contributed by atoms with Crippen LogP contribution < -0.4 is 14.8 Å². The highest BCUT2D eigenvalue weighted by molar-refractivity contribution is 6.32. The minimum Gasteiger partial charge on any atom is -0.491 e. The van der Waals surface area contributed by atoms with E-state index in [1.54, 1.807) is 6.92 Å². The average Bonchev–Trinajstić information content (AvgIpc) is 2.59. The molecular weight excluding hydrogens is 350 g/mol. The predicted molar refractivity (Wildman–Crippen MR) is 105 cm³/mol. The van der Waals surface area contributed by atoms with E-state index in [0.717, 1.165) is 21.9 Å². The standard InChI is InChI=1S/C21H26ClNO3/c1-13-6-8-18(9-7-13)25-12-16(4)23-21(24)17(5)26-19-10-14(2)20(22)15(3)11-19/h6-11,16-17H,12H2,1-5H3,(H,23,24). The second-order valence-corrected chi connectivity index (χ2v) is 7.04. The van der Waals surface area contributed by atoms with E-state index in [-0.39, 0.29) is 11.9 Å². The molecule has 0 radical (unpaired) electrons. The highest BCUT2D eigenvalue weighted by Crippen LogP contribution is 2.26. The molecule has 0 fully saturated rings. The van der Waals surface area contributed by atoms with Crippen molar-refractivity contribution in [3.8, 4) is 11.5 Å². The van der Waals surface area contributed by atoms with Gasteiger partial charge in [0.1, 0.15) is 18.1 Å². The predicted octanol–water partition coefficient (Wildman–Crippen LogP) is 4.62. The number of benzene rings is 2. The van der Waals surface area contributed by atoms with Crippen molar-refractivity contribution in [3.05, 3.63) is 58.1 Å². The van der Waals surface area contributed by atoms with Crippen LogP contribution in [-0.4, -0.2) is 24.7 Å². The Bertz CT molecular complexity index is 735. The van der Waals surface area contributed by atoms with Crippen LogP contribution in [0.25, 0.3) is 0 Å². The zero-order chi connectivity index (χ0) is 19.3. The summed E-state index contributed by atoms with van der Waals surface area (Å²) in [4.78, 5) is 12.3. The van der Waals surface area contributed by atoms with Gasteiger partial charge in [0.2, 0.25) is 0 Å². The van der Waals surface area contributed by atoms with Gasteiger partial charge >= 0.3 is 0 Å². The summed E-state index contributed by atoms with van der Waals surface area (Å²) < 4.78 is 11.5. The van der Waals surface area contributed by atoms with E-state index in [4.69, 9.17) is 21.1 Å². The van der Waals surface area contributed by atoms with Crippen molar-refractivity contribution in [1.29, 1.82) is 0 Å². The van der Waals surface area contributed by atoms with Crippen molar-refractivity contribution in [2.24, 2.45) is 0 Å². The summed E-state index contributed by atoms with van der Waals surface area (Å²) in [6, 6.07) is 11.4. The molecule has 5 heteroatoms. The van der Waals surface area contributed by atoms with Gasteiger partial charge in [-0.1, -0.05) is 29.3 Å². The van der Waals surface area contributed by atoms with Gasteiger partial charge in [0.15, 0.2) is 6.10 Å². The van der Waals surface area contributed by atoms with Gasteiger partial charge in [0.25, 0.3) is 5.91 Å². The third kappa shape index (κ3) is 5.67. The molecule has 0 saturated heterocycles. The summed E-state index contributed by atoms with van der Waals surface area (Å²) >= 11 is 6.16. The molecule has 2 unspecified atom stereocenters. The summed E-state index contributed by atoms with van der Waals surface area (Å²) in [5.41, 5.74) is 3.03. The van der Waals surface area contributed by atoms with Crippen molar-refractivity contribution < 1.29 is 14.3 Å². The lowest BCUT2D eigenvalue weighted by atomic mass is 10.1. The fourth-order valence-corrected chi connectivity index (χ4v) is 2.60. The topological polar surface area (TPSA) is 47.6 Å². The second kappa shape index (κ2) is 8.95. The van der Waals surface area contributed by atoms with Crippen LogP contribution in [0, 0.1) is 20.8 Å². The smallest absolute Gasteiger partial charge is 0.261 e. The molecule has 0 spiro atoms. The SMILES string of the molecule is Cc1ccc(OCC(C)NC(=O)C(C)Oc2cc(C)c(Cl)c(C)c2)cc1. The van der Waals surface area contributed by atoms with Crippen LogP contribution in [0.4, 0.5) is 0 Å². The monoisotopic (exact) mass is 375 g/mol. The number of amides is 1. The maximum atomic E-state index is 12.3. The van der Waals surface area contributed by atoms with Gasteiger partial charge in [0, 0.05) is 5.02 Å². The number of aryl methyl sites for hydroxylation is 3. The first-order chi connectivity index (χ1) is 12.3. The molecule has 2 rings (SSSR count). The van der Waals surface area contributed by atoms with Gasteiger partial charge in [-0.05, 0) is 70.0 Å². The van der Waals surface area contributed by atoms with Crippen LogP contribution in [0.5, 0.6) is 11.5 Å². The molecule has 2 aromatic carbocycles.